The Morgan fingerprint density at radius 2 is 0.741 bits per heavy atom. The van der Waals surface area contributed by atoms with E-state index >= 15 is 0 Å². The minimum Gasteiger partial charge on any atom is -0.412 e. The lowest BCUT2D eigenvalue weighted by Gasteiger charge is -2.47. The predicted octanol–water partition coefficient (Wildman–Crippen LogP) is 3.43. The lowest BCUT2D eigenvalue weighted by molar-refractivity contribution is 0.126. The Morgan fingerprint density at radius 1 is 0.481 bits per heavy atom. The van der Waals surface area contributed by atoms with Crippen LogP contribution in [0.1, 0.15) is 41.5 Å². The molecule has 0 rings (SSSR count). The summed E-state index contributed by atoms with van der Waals surface area (Å²) in [6.45, 7) is 12.7. The average molecular weight is 443 g/mol. The van der Waals surface area contributed by atoms with Gasteiger partial charge in [0.25, 0.3) is 0 Å². The molecule has 0 aliphatic heterocycles. The molecule has 0 saturated carbocycles. The number of rotatable bonds is 15. The zero-order valence-electron chi connectivity index (χ0n) is 19.2. The van der Waals surface area contributed by atoms with E-state index in [4.69, 9.17) is 31.3 Å². The van der Waals surface area contributed by atoms with Gasteiger partial charge in [0.15, 0.2) is 0 Å². The van der Waals surface area contributed by atoms with E-state index in [1.165, 1.54) is 0 Å². The van der Waals surface area contributed by atoms with Gasteiger partial charge in [-0.3, -0.25) is 0 Å². The summed E-state index contributed by atoms with van der Waals surface area (Å²) in [6, 6.07) is 0. The molecule has 164 valence electrons. The summed E-state index contributed by atoms with van der Waals surface area (Å²) in [6.07, 6.45) is 1.26. The van der Waals surface area contributed by atoms with Crippen molar-refractivity contribution in [1.82, 2.24) is 0 Å². The SMILES string of the molecule is COC[Si](OC)(O[Si](COC)(O[Si](COC)(OC)C(C)C)C(C)C)C(C)C. The average Bonchev–Trinajstić information content (AvgIpc) is 2.60. The third kappa shape index (κ3) is 6.69. The molecule has 2 atom stereocenters. The molecule has 0 amide bonds. The third-order valence-electron chi connectivity index (χ3n) is 5.06. The normalized spacial score (nSPS) is 19.3. The molecule has 0 N–H and O–H groups in total. The largest absolute Gasteiger partial charge is 0.412 e. The maximum Gasteiger partial charge on any atom is 0.358 e. The van der Waals surface area contributed by atoms with Gasteiger partial charge in [0.2, 0.25) is 0 Å². The van der Waals surface area contributed by atoms with Crippen LogP contribution in [0.4, 0.5) is 0 Å². The molecular weight excluding hydrogens is 400 g/mol. The second-order valence-corrected chi connectivity index (χ2v) is 19.5. The van der Waals surface area contributed by atoms with E-state index in [0.717, 1.165) is 0 Å². The Balaban J connectivity index is 6.25. The highest BCUT2D eigenvalue weighted by Crippen LogP contribution is 2.37. The molecule has 0 fully saturated rings. The molecule has 7 nitrogen and oxygen atoms in total. The molecule has 0 bridgehead atoms. The van der Waals surface area contributed by atoms with E-state index < -0.39 is 25.7 Å². The second kappa shape index (κ2) is 12.2. The van der Waals surface area contributed by atoms with Crippen molar-refractivity contribution in [3.63, 3.8) is 0 Å². The summed E-state index contributed by atoms with van der Waals surface area (Å²) in [7, 11) is 0.163. The summed E-state index contributed by atoms with van der Waals surface area (Å²) < 4.78 is 42.5. The van der Waals surface area contributed by atoms with Crippen molar-refractivity contribution < 1.29 is 31.3 Å². The smallest absolute Gasteiger partial charge is 0.358 e. The molecule has 0 aromatic carbocycles. The molecule has 0 aromatic rings. The molecule has 0 saturated heterocycles. The quantitative estimate of drug-likeness (QED) is 0.360. The highest BCUT2D eigenvalue weighted by Gasteiger charge is 2.58. The first-order valence-electron chi connectivity index (χ1n) is 9.52. The van der Waals surface area contributed by atoms with Crippen LogP contribution >= 0.6 is 0 Å². The first-order valence-corrected chi connectivity index (χ1v) is 15.8. The lowest BCUT2D eigenvalue weighted by atomic mass is 10.6. The molecule has 2 unspecified atom stereocenters. The zero-order chi connectivity index (χ0) is 21.3. The van der Waals surface area contributed by atoms with Gasteiger partial charge in [0.1, 0.15) is 0 Å². The Morgan fingerprint density at radius 3 is 0.926 bits per heavy atom. The van der Waals surface area contributed by atoms with Gasteiger partial charge < -0.3 is 31.3 Å². The van der Waals surface area contributed by atoms with E-state index in [9.17, 15) is 0 Å². The third-order valence-corrected chi connectivity index (χ3v) is 19.3. The highest BCUT2D eigenvalue weighted by atomic mass is 28.5. The maximum absolute atomic E-state index is 6.92. The Labute approximate surface area is 169 Å². The van der Waals surface area contributed by atoms with Crippen LogP contribution in [0.5, 0.6) is 0 Å². The first-order chi connectivity index (χ1) is 12.5. The van der Waals surface area contributed by atoms with Crippen molar-refractivity contribution >= 4 is 25.7 Å². The summed E-state index contributed by atoms with van der Waals surface area (Å²) in [5.41, 5.74) is 0.509. The van der Waals surface area contributed by atoms with Crippen LogP contribution < -0.4 is 0 Å². The summed E-state index contributed by atoms with van der Waals surface area (Å²) in [4.78, 5) is 0. The first kappa shape index (κ1) is 27.4. The van der Waals surface area contributed by atoms with E-state index in [0.29, 0.717) is 18.7 Å². The van der Waals surface area contributed by atoms with Crippen molar-refractivity contribution in [2.45, 2.75) is 58.2 Å². The molecule has 27 heavy (non-hydrogen) atoms. The summed E-state index contributed by atoms with van der Waals surface area (Å²) >= 11 is 0. The van der Waals surface area contributed by atoms with E-state index in [-0.39, 0.29) is 16.6 Å². The van der Waals surface area contributed by atoms with Gasteiger partial charge in [-0.15, -0.1) is 0 Å². The molecule has 0 aliphatic carbocycles. The van der Waals surface area contributed by atoms with Crippen molar-refractivity contribution in [2.24, 2.45) is 0 Å². The zero-order valence-corrected chi connectivity index (χ0v) is 22.2. The fourth-order valence-electron chi connectivity index (χ4n) is 2.97. The number of hydrogen-bond acceptors (Lipinski definition) is 7. The predicted molar refractivity (Wildman–Crippen MR) is 114 cm³/mol. The van der Waals surface area contributed by atoms with E-state index in [1.807, 2.05) is 0 Å². The van der Waals surface area contributed by atoms with Crippen LogP contribution in [0.2, 0.25) is 16.6 Å². The molecule has 0 spiro atoms. The maximum atomic E-state index is 6.92. The van der Waals surface area contributed by atoms with Crippen LogP contribution in [0, 0.1) is 0 Å². The number of hydrogen-bond donors (Lipinski definition) is 0. The van der Waals surface area contributed by atoms with Crippen LogP contribution in [-0.4, -0.2) is 79.9 Å². The molecule has 0 heterocycles. The Kier molecular flexibility index (Phi) is 12.3. The Bertz CT molecular complexity index is 384. The van der Waals surface area contributed by atoms with Crippen LogP contribution in [0.3, 0.4) is 0 Å². The minimum atomic E-state index is -2.89. The van der Waals surface area contributed by atoms with Gasteiger partial charge >= 0.3 is 25.7 Å². The Hall–Kier alpha value is 0.371. The molecule has 0 radical (unpaired) electrons. The fraction of sp³-hybridized carbons (Fsp3) is 1.00. The molecular formula is C17H42O7Si3. The van der Waals surface area contributed by atoms with Crippen LogP contribution in [0.15, 0.2) is 0 Å². The van der Waals surface area contributed by atoms with Gasteiger partial charge in [0.05, 0.1) is 18.7 Å². The summed E-state index contributed by atoms with van der Waals surface area (Å²) in [5.74, 6) is 0. The molecule has 10 heteroatoms. The van der Waals surface area contributed by atoms with E-state index in [1.54, 1.807) is 35.5 Å². The fourth-order valence-corrected chi connectivity index (χ4v) is 17.0. The molecule has 0 aliphatic rings. The van der Waals surface area contributed by atoms with Gasteiger partial charge in [-0.25, -0.2) is 0 Å². The van der Waals surface area contributed by atoms with Crippen molar-refractivity contribution in [3.05, 3.63) is 0 Å². The number of ether oxygens (including phenoxy) is 3. The van der Waals surface area contributed by atoms with E-state index in [2.05, 4.69) is 41.5 Å². The van der Waals surface area contributed by atoms with Gasteiger partial charge in [-0.2, -0.15) is 0 Å². The standard InChI is InChI=1S/C17H42O7Si3/c1-15(2)25(21-10,12-18-7)23-27(14-20-9,17(5)6)24-26(22-11,13-19-8)16(3)4/h15-17H,12-14H2,1-11H3. The van der Waals surface area contributed by atoms with Gasteiger partial charge in [-0.05, 0) is 16.6 Å². The van der Waals surface area contributed by atoms with Crippen LogP contribution in [0.25, 0.3) is 0 Å². The highest BCUT2D eigenvalue weighted by molar-refractivity contribution is 6.88. The van der Waals surface area contributed by atoms with Crippen molar-refractivity contribution in [2.75, 3.05) is 54.2 Å². The topological polar surface area (TPSA) is 64.6 Å². The van der Waals surface area contributed by atoms with Gasteiger partial charge in [-0.1, -0.05) is 41.5 Å². The van der Waals surface area contributed by atoms with Crippen LogP contribution in [-0.2, 0) is 31.3 Å². The lowest BCUT2D eigenvalue weighted by Crippen LogP contribution is -2.68. The van der Waals surface area contributed by atoms with Crippen molar-refractivity contribution in [3.8, 4) is 0 Å². The molecule has 0 aromatic heterocycles. The summed E-state index contributed by atoms with van der Waals surface area (Å²) in [5, 5.41) is 0. The van der Waals surface area contributed by atoms with Gasteiger partial charge in [0, 0.05) is 35.5 Å². The van der Waals surface area contributed by atoms with Crippen molar-refractivity contribution in [1.29, 1.82) is 0 Å². The minimum absolute atomic E-state index is 0.132. The number of methoxy groups -OCH3 is 3. The second-order valence-electron chi connectivity index (χ2n) is 7.81. The monoisotopic (exact) mass is 442 g/mol.